The van der Waals surface area contributed by atoms with Crippen LogP contribution in [0.5, 0.6) is 0 Å². The molecule has 3 rings (SSSR count). The summed E-state index contributed by atoms with van der Waals surface area (Å²) in [7, 11) is 0. The zero-order valence-corrected chi connectivity index (χ0v) is 11.4. The van der Waals surface area contributed by atoms with Crippen molar-refractivity contribution >= 4 is 23.5 Å². The van der Waals surface area contributed by atoms with Gasteiger partial charge in [0.1, 0.15) is 0 Å². The van der Waals surface area contributed by atoms with Gasteiger partial charge in [0.25, 0.3) is 0 Å². The number of hydrogen-bond donors (Lipinski definition) is 1. The van der Waals surface area contributed by atoms with Crippen LogP contribution in [0.15, 0.2) is 0 Å². The van der Waals surface area contributed by atoms with Crippen LogP contribution in [-0.2, 0) is 0 Å². The van der Waals surface area contributed by atoms with Crippen LogP contribution < -0.4 is 5.73 Å². The molecule has 0 aromatic heterocycles. The summed E-state index contributed by atoms with van der Waals surface area (Å²) < 4.78 is 0. The Balaban J connectivity index is 1.58. The maximum atomic E-state index is 6.11. The molecule has 0 spiro atoms. The lowest BCUT2D eigenvalue weighted by molar-refractivity contribution is 0.130. The Morgan fingerprint density at radius 3 is 2.50 bits per heavy atom. The summed E-state index contributed by atoms with van der Waals surface area (Å²) in [5.41, 5.74) is 6.11. The van der Waals surface area contributed by atoms with Crippen molar-refractivity contribution in [2.75, 3.05) is 23.8 Å². The summed E-state index contributed by atoms with van der Waals surface area (Å²) in [6.45, 7) is 1.33. The predicted molar refractivity (Wildman–Crippen MR) is 74.3 cm³/mol. The summed E-state index contributed by atoms with van der Waals surface area (Å²) in [5.74, 6) is 4.09. The van der Waals surface area contributed by atoms with Crippen LogP contribution in [0.25, 0.3) is 0 Å². The molecule has 3 unspecified atom stereocenters. The fourth-order valence-corrected chi connectivity index (χ4v) is 6.17. The van der Waals surface area contributed by atoms with Crippen molar-refractivity contribution < 1.29 is 0 Å². The molecule has 2 nitrogen and oxygen atoms in total. The smallest absolute Gasteiger partial charge is 0.0266 e. The van der Waals surface area contributed by atoms with Crippen LogP contribution in [0.1, 0.15) is 25.7 Å². The lowest BCUT2D eigenvalue weighted by Crippen LogP contribution is -2.50. The Labute approximate surface area is 107 Å². The number of piperidine rings is 1. The first-order chi connectivity index (χ1) is 7.83. The van der Waals surface area contributed by atoms with Gasteiger partial charge >= 0.3 is 0 Å². The first-order valence-electron chi connectivity index (χ1n) is 6.53. The highest BCUT2D eigenvalue weighted by Gasteiger charge is 2.40. The predicted octanol–water partition coefficient (Wildman–Crippen LogP) is 1.79. The summed E-state index contributed by atoms with van der Waals surface area (Å²) in [4.78, 5) is 2.80. The third-order valence-corrected chi connectivity index (χ3v) is 7.05. The van der Waals surface area contributed by atoms with Crippen molar-refractivity contribution in [3.05, 3.63) is 0 Å². The normalized spacial score (nSPS) is 44.8. The van der Waals surface area contributed by atoms with E-state index in [1.165, 1.54) is 49.5 Å². The van der Waals surface area contributed by atoms with E-state index >= 15 is 0 Å². The highest BCUT2D eigenvalue weighted by atomic mass is 32.2. The first kappa shape index (κ1) is 11.7. The van der Waals surface area contributed by atoms with E-state index in [1.807, 2.05) is 0 Å². The van der Waals surface area contributed by atoms with E-state index in [1.54, 1.807) is 0 Å². The van der Waals surface area contributed by atoms with E-state index in [-0.39, 0.29) is 0 Å². The third-order valence-electron chi connectivity index (χ3n) is 4.22. The lowest BCUT2D eigenvalue weighted by Gasteiger charge is -2.40. The zero-order chi connectivity index (χ0) is 11.0. The van der Waals surface area contributed by atoms with Crippen LogP contribution in [0.2, 0.25) is 0 Å². The van der Waals surface area contributed by atoms with Crippen LogP contribution in [0.3, 0.4) is 0 Å². The van der Waals surface area contributed by atoms with Gasteiger partial charge in [-0.1, -0.05) is 0 Å². The fraction of sp³-hybridized carbons (Fsp3) is 1.00. The van der Waals surface area contributed by atoms with Gasteiger partial charge in [0.15, 0.2) is 0 Å². The fourth-order valence-electron chi connectivity index (χ4n) is 3.49. The molecule has 0 radical (unpaired) electrons. The number of fused-ring (bicyclic) bond motifs is 2. The second kappa shape index (κ2) is 5.09. The molecule has 3 heterocycles. The first-order valence-corrected chi connectivity index (χ1v) is 8.74. The summed E-state index contributed by atoms with van der Waals surface area (Å²) >= 11 is 4.34. The molecular formula is C12H22N2S2. The van der Waals surface area contributed by atoms with Gasteiger partial charge in [0, 0.05) is 47.2 Å². The van der Waals surface area contributed by atoms with Gasteiger partial charge in [-0.25, -0.2) is 0 Å². The molecule has 3 aliphatic rings. The number of nitrogens with zero attached hydrogens (tertiary/aromatic N) is 1. The molecule has 3 atom stereocenters. The highest BCUT2D eigenvalue weighted by molar-refractivity contribution is 8.06. The van der Waals surface area contributed by atoms with Gasteiger partial charge < -0.3 is 5.73 Å². The van der Waals surface area contributed by atoms with E-state index in [0.717, 1.165) is 17.3 Å². The van der Waals surface area contributed by atoms with Crippen LogP contribution in [0, 0.1) is 0 Å². The SMILES string of the molecule is NC1CC2CCC(C1)N2CC1CSCCS1. The second-order valence-electron chi connectivity index (χ2n) is 5.38. The standard InChI is InChI=1S/C12H22N2S2/c13-9-5-10-1-2-11(6-9)14(10)7-12-8-15-3-4-16-12/h9-12H,1-8,13H2. The van der Waals surface area contributed by atoms with Crippen LogP contribution in [0.4, 0.5) is 0 Å². The molecule has 0 amide bonds. The molecule has 0 aromatic rings. The minimum absolute atomic E-state index is 0.488. The molecular weight excluding hydrogens is 236 g/mol. The molecule has 3 aliphatic heterocycles. The van der Waals surface area contributed by atoms with Crippen molar-refractivity contribution in [3.63, 3.8) is 0 Å². The van der Waals surface area contributed by atoms with E-state index in [2.05, 4.69) is 28.4 Å². The van der Waals surface area contributed by atoms with Gasteiger partial charge in [-0.15, -0.1) is 0 Å². The highest BCUT2D eigenvalue weighted by Crippen LogP contribution is 2.37. The molecule has 0 aliphatic carbocycles. The average molecular weight is 258 g/mol. The minimum atomic E-state index is 0.488. The number of rotatable bonds is 2. The van der Waals surface area contributed by atoms with E-state index in [9.17, 15) is 0 Å². The van der Waals surface area contributed by atoms with Crippen LogP contribution >= 0.6 is 23.5 Å². The Hall–Kier alpha value is 0.620. The molecule has 3 fully saturated rings. The second-order valence-corrected chi connectivity index (χ2v) is 7.94. The largest absolute Gasteiger partial charge is 0.328 e. The van der Waals surface area contributed by atoms with Gasteiger partial charge in [0.05, 0.1) is 0 Å². The van der Waals surface area contributed by atoms with Gasteiger partial charge in [0.2, 0.25) is 0 Å². The van der Waals surface area contributed by atoms with Gasteiger partial charge in [-0.05, 0) is 25.7 Å². The van der Waals surface area contributed by atoms with Gasteiger partial charge in [-0.2, -0.15) is 23.5 Å². The van der Waals surface area contributed by atoms with E-state index < -0.39 is 0 Å². The molecule has 4 heteroatoms. The molecule has 2 bridgehead atoms. The minimum Gasteiger partial charge on any atom is -0.328 e. The van der Waals surface area contributed by atoms with E-state index in [0.29, 0.717) is 6.04 Å². The molecule has 0 aromatic carbocycles. The number of hydrogen-bond acceptors (Lipinski definition) is 4. The summed E-state index contributed by atoms with van der Waals surface area (Å²) in [6, 6.07) is 2.13. The average Bonchev–Trinajstić information content (AvgIpc) is 2.54. The Morgan fingerprint density at radius 1 is 1.12 bits per heavy atom. The van der Waals surface area contributed by atoms with Crippen molar-refractivity contribution in [2.45, 2.75) is 49.1 Å². The summed E-state index contributed by atoms with van der Waals surface area (Å²) in [5, 5.41) is 0.885. The molecule has 0 saturated carbocycles. The van der Waals surface area contributed by atoms with Crippen molar-refractivity contribution in [1.82, 2.24) is 4.90 Å². The Morgan fingerprint density at radius 2 is 1.88 bits per heavy atom. The third kappa shape index (κ3) is 2.40. The molecule has 2 N–H and O–H groups in total. The van der Waals surface area contributed by atoms with Crippen molar-refractivity contribution in [3.8, 4) is 0 Å². The lowest BCUT2D eigenvalue weighted by atomic mass is 9.98. The summed E-state index contributed by atoms with van der Waals surface area (Å²) in [6.07, 6.45) is 5.31. The quantitative estimate of drug-likeness (QED) is 0.818. The van der Waals surface area contributed by atoms with E-state index in [4.69, 9.17) is 5.73 Å². The van der Waals surface area contributed by atoms with Gasteiger partial charge in [-0.3, -0.25) is 4.90 Å². The van der Waals surface area contributed by atoms with Crippen molar-refractivity contribution in [2.24, 2.45) is 5.73 Å². The zero-order valence-electron chi connectivity index (χ0n) is 9.81. The number of thioether (sulfide) groups is 2. The maximum absolute atomic E-state index is 6.11. The molecule has 92 valence electrons. The van der Waals surface area contributed by atoms with Crippen LogP contribution in [-0.4, -0.2) is 52.1 Å². The number of nitrogens with two attached hydrogens (primary N) is 1. The Bertz CT molecular complexity index is 229. The molecule has 3 saturated heterocycles. The maximum Gasteiger partial charge on any atom is 0.0266 e. The topological polar surface area (TPSA) is 29.3 Å². The Kier molecular flexibility index (Phi) is 3.72. The molecule has 16 heavy (non-hydrogen) atoms. The van der Waals surface area contributed by atoms with Crippen molar-refractivity contribution in [1.29, 1.82) is 0 Å². The monoisotopic (exact) mass is 258 g/mol.